The monoisotopic (exact) mass is 443 g/mol. The van der Waals surface area contributed by atoms with Crippen LogP contribution in [-0.2, 0) is 27.3 Å². The van der Waals surface area contributed by atoms with E-state index in [1.165, 1.54) is 22.7 Å². The average molecular weight is 444 g/mol. The molecule has 0 aliphatic heterocycles. The lowest BCUT2D eigenvalue weighted by Gasteiger charge is -2.06. The van der Waals surface area contributed by atoms with Crippen molar-refractivity contribution in [1.29, 1.82) is 0 Å². The van der Waals surface area contributed by atoms with Gasteiger partial charge in [0.25, 0.3) is 0 Å². The minimum absolute atomic E-state index is 0.150. The molecular formula is C20H21N5O3S2. The fourth-order valence-corrected chi connectivity index (χ4v) is 3.87. The molecule has 1 N–H and O–H groups in total. The number of anilines is 1. The van der Waals surface area contributed by atoms with E-state index >= 15 is 0 Å². The van der Waals surface area contributed by atoms with Crippen LogP contribution in [0.25, 0.3) is 6.08 Å². The molecule has 0 aliphatic carbocycles. The molecule has 0 saturated heterocycles. The summed E-state index contributed by atoms with van der Waals surface area (Å²) in [5, 5.41) is 17.2. The summed E-state index contributed by atoms with van der Waals surface area (Å²) in [7, 11) is 0. The van der Waals surface area contributed by atoms with Gasteiger partial charge in [-0.15, -0.1) is 16.4 Å². The Labute approximate surface area is 182 Å². The highest BCUT2D eigenvalue weighted by Crippen LogP contribution is 2.17. The van der Waals surface area contributed by atoms with Crippen LogP contribution in [0.5, 0.6) is 0 Å². The number of tetrazole rings is 1. The topological polar surface area (TPSA) is 99.0 Å². The van der Waals surface area contributed by atoms with E-state index in [1.54, 1.807) is 41.2 Å². The second kappa shape index (κ2) is 11.3. The fourth-order valence-electron chi connectivity index (χ4n) is 2.47. The van der Waals surface area contributed by atoms with E-state index in [1.807, 2.05) is 23.6 Å². The number of nitrogens with zero attached hydrogens (tertiary/aromatic N) is 4. The lowest BCUT2D eigenvalue weighted by atomic mass is 10.2. The Kier molecular flexibility index (Phi) is 8.16. The van der Waals surface area contributed by atoms with Crippen LogP contribution >= 0.6 is 23.1 Å². The molecule has 0 radical (unpaired) electrons. The van der Waals surface area contributed by atoms with Crippen molar-refractivity contribution in [2.24, 2.45) is 0 Å². The minimum Gasteiger partial charge on any atom is -0.463 e. The highest BCUT2D eigenvalue weighted by molar-refractivity contribution is 7.99. The SMILES string of the molecule is CCOC(=O)/C=C/c1ccc(NC(=O)CSc2nnnn2CCc2cccs2)cc1. The van der Waals surface area contributed by atoms with Crippen molar-refractivity contribution < 1.29 is 14.3 Å². The predicted molar refractivity (Wildman–Crippen MR) is 117 cm³/mol. The van der Waals surface area contributed by atoms with Crippen molar-refractivity contribution in [3.05, 3.63) is 58.3 Å². The molecule has 0 fully saturated rings. The second-order valence-corrected chi connectivity index (χ2v) is 8.03. The Bertz CT molecular complexity index is 984. The molecular weight excluding hydrogens is 422 g/mol. The van der Waals surface area contributed by atoms with Gasteiger partial charge in [0.2, 0.25) is 11.1 Å². The normalized spacial score (nSPS) is 11.0. The van der Waals surface area contributed by atoms with Crippen molar-refractivity contribution in [1.82, 2.24) is 20.2 Å². The van der Waals surface area contributed by atoms with Crippen LogP contribution in [0.3, 0.4) is 0 Å². The smallest absolute Gasteiger partial charge is 0.330 e. The largest absolute Gasteiger partial charge is 0.463 e. The number of rotatable bonds is 10. The van der Waals surface area contributed by atoms with Gasteiger partial charge in [0.1, 0.15) is 0 Å². The lowest BCUT2D eigenvalue weighted by molar-refractivity contribution is -0.137. The molecule has 3 aromatic rings. The molecule has 0 aliphatic rings. The maximum Gasteiger partial charge on any atom is 0.330 e. The first-order valence-electron chi connectivity index (χ1n) is 9.30. The predicted octanol–water partition coefficient (Wildman–Crippen LogP) is 3.28. The van der Waals surface area contributed by atoms with Gasteiger partial charge in [-0.1, -0.05) is 30.0 Å². The molecule has 2 heterocycles. The van der Waals surface area contributed by atoms with E-state index < -0.39 is 0 Å². The molecule has 1 aromatic carbocycles. The van der Waals surface area contributed by atoms with Gasteiger partial charge in [0.05, 0.1) is 18.9 Å². The quantitative estimate of drug-likeness (QED) is 0.292. The van der Waals surface area contributed by atoms with E-state index in [4.69, 9.17) is 4.74 Å². The number of aromatic nitrogens is 4. The second-order valence-electron chi connectivity index (χ2n) is 6.06. The van der Waals surface area contributed by atoms with E-state index in [9.17, 15) is 9.59 Å². The molecule has 0 bridgehead atoms. The van der Waals surface area contributed by atoms with Gasteiger partial charge in [0.15, 0.2) is 0 Å². The van der Waals surface area contributed by atoms with Crippen LogP contribution in [0.4, 0.5) is 5.69 Å². The van der Waals surface area contributed by atoms with Gasteiger partial charge in [-0.2, -0.15) is 0 Å². The number of ether oxygens (including phenoxy) is 1. The number of benzene rings is 1. The summed E-state index contributed by atoms with van der Waals surface area (Å²) in [6.07, 6.45) is 3.88. The van der Waals surface area contributed by atoms with Gasteiger partial charge in [-0.3, -0.25) is 4.79 Å². The van der Waals surface area contributed by atoms with E-state index in [0.29, 0.717) is 24.0 Å². The van der Waals surface area contributed by atoms with Crippen molar-refractivity contribution in [3.8, 4) is 0 Å². The molecule has 10 heteroatoms. The highest BCUT2D eigenvalue weighted by Gasteiger charge is 2.10. The van der Waals surface area contributed by atoms with Crippen LogP contribution in [0.1, 0.15) is 17.4 Å². The van der Waals surface area contributed by atoms with Crippen molar-refractivity contribution in [2.45, 2.75) is 25.0 Å². The number of carbonyl (C=O) groups is 2. The average Bonchev–Trinajstić information content (AvgIpc) is 3.42. The van der Waals surface area contributed by atoms with Crippen LogP contribution in [0.15, 0.2) is 53.0 Å². The third kappa shape index (κ3) is 6.82. The third-order valence-corrected chi connectivity index (χ3v) is 5.77. The Morgan fingerprint density at radius 2 is 2.10 bits per heavy atom. The Morgan fingerprint density at radius 3 is 2.83 bits per heavy atom. The van der Waals surface area contributed by atoms with Crippen LogP contribution in [-0.4, -0.2) is 44.4 Å². The Hall–Kier alpha value is -2.98. The minimum atomic E-state index is -0.385. The zero-order valence-corrected chi connectivity index (χ0v) is 18.0. The van der Waals surface area contributed by atoms with Crippen LogP contribution in [0, 0.1) is 0 Å². The molecule has 1 amide bonds. The maximum atomic E-state index is 12.3. The summed E-state index contributed by atoms with van der Waals surface area (Å²) < 4.78 is 6.55. The van der Waals surface area contributed by atoms with Crippen LogP contribution in [0.2, 0.25) is 0 Å². The summed E-state index contributed by atoms with van der Waals surface area (Å²) in [5.74, 6) is -0.337. The molecule has 3 rings (SSSR count). The van der Waals surface area contributed by atoms with Gasteiger partial charge in [0, 0.05) is 23.1 Å². The number of thioether (sulfide) groups is 1. The first-order chi connectivity index (χ1) is 14.6. The lowest BCUT2D eigenvalue weighted by Crippen LogP contribution is -2.15. The maximum absolute atomic E-state index is 12.3. The number of hydrogen-bond acceptors (Lipinski definition) is 8. The molecule has 2 aromatic heterocycles. The summed E-state index contributed by atoms with van der Waals surface area (Å²) in [4.78, 5) is 24.9. The first kappa shape index (κ1) is 21.7. The van der Waals surface area contributed by atoms with E-state index in [0.717, 1.165) is 12.0 Å². The molecule has 156 valence electrons. The number of amides is 1. The molecule has 30 heavy (non-hydrogen) atoms. The van der Waals surface area contributed by atoms with Gasteiger partial charge in [-0.05, 0) is 52.6 Å². The molecule has 0 unspecified atom stereocenters. The van der Waals surface area contributed by atoms with Crippen LogP contribution < -0.4 is 5.32 Å². The third-order valence-electron chi connectivity index (χ3n) is 3.87. The molecule has 0 spiro atoms. The number of esters is 1. The Balaban J connectivity index is 1.46. The number of aryl methyl sites for hydroxylation is 2. The van der Waals surface area contributed by atoms with E-state index in [-0.39, 0.29) is 17.6 Å². The van der Waals surface area contributed by atoms with Crippen molar-refractivity contribution in [3.63, 3.8) is 0 Å². The number of nitrogens with one attached hydrogen (secondary N) is 1. The molecule has 0 atom stereocenters. The zero-order valence-electron chi connectivity index (χ0n) is 16.4. The summed E-state index contributed by atoms with van der Waals surface area (Å²) in [6.45, 7) is 2.76. The summed E-state index contributed by atoms with van der Waals surface area (Å²) >= 11 is 2.99. The Morgan fingerprint density at radius 1 is 1.27 bits per heavy atom. The highest BCUT2D eigenvalue weighted by atomic mass is 32.2. The molecule has 0 saturated carbocycles. The summed E-state index contributed by atoms with van der Waals surface area (Å²) in [6, 6.07) is 11.3. The number of carbonyl (C=O) groups excluding carboxylic acids is 2. The van der Waals surface area contributed by atoms with Gasteiger partial charge >= 0.3 is 5.97 Å². The van der Waals surface area contributed by atoms with Gasteiger partial charge in [-0.25, -0.2) is 9.48 Å². The van der Waals surface area contributed by atoms with Crippen molar-refractivity contribution in [2.75, 3.05) is 17.7 Å². The van der Waals surface area contributed by atoms with Crippen molar-refractivity contribution >= 4 is 46.7 Å². The van der Waals surface area contributed by atoms with Gasteiger partial charge < -0.3 is 10.1 Å². The van der Waals surface area contributed by atoms with E-state index in [2.05, 4.69) is 26.9 Å². The number of hydrogen-bond donors (Lipinski definition) is 1. The molecule has 8 nitrogen and oxygen atoms in total. The summed E-state index contributed by atoms with van der Waals surface area (Å²) in [5.41, 5.74) is 1.51. The fraction of sp³-hybridized carbons (Fsp3) is 0.250. The zero-order chi connectivity index (χ0) is 21.2. The number of thiophene rings is 1. The standard InChI is InChI=1S/C20H21N5O3S2/c1-2-28-19(27)10-7-15-5-8-16(9-6-15)21-18(26)14-30-20-22-23-24-25(20)12-11-17-4-3-13-29-17/h3-10,13H,2,11-12,14H2,1H3,(H,21,26)/b10-7+. The first-order valence-corrected chi connectivity index (χ1v) is 11.2.